The smallest absolute Gasteiger partial charge is 0.264 e. The van der Waals surface area contributed by atoms with E-state index in [0.29, 0.717) is 17.9 Å². The van der Waals surface area contributed by atoms with Crippen molar-refractivity contribution in [2.45, 2.75) is 18.2 Å². The molecule has 2 aromatic carbocycles. The Bertz CT molecular complexity index is 1040. The zero-order chi connectivity index (χ0) is 17.6. The Morgan fingerprint density at radius 3 is 2.60 bits per heavy atom. The first-order valence-corrected chi connectivity index (χ1v) is 10.9. The van der Waals surface area contributed by atoms with Gasteiger partial charge in [-0.25, -0.2) is 13.4 Å². The van der Waals surface area contributed by atoms with E-state index < -0.39 is 10.0 Å². The molecule has 0 unspecified atom stereocenters. The van der Waals surface area contributed by atoms with Gasteiger partial charge in [-0.05, 0) is 55.3 Å². The number of hydrogen-bond acceptors (Lipinski definition) is 4. The maximum absolute atomic E-state index is 13.0. The maximum Gasteiger partial charge on any atom is 0.264 e. The monoisotopic (exact) mass is 434 g/mol. The van der Waals surface area contributed by atoms with E-state index in [2.05, 4.69) is 27.0 Å². The van der Waals surface area contributed by atoms with Crippen molar-refractivity contribution in [2.24, 2.45) is 0 Å². The predicted molar refractivity (Wildman–Crippen MR) is 105 cm³/mol. The molecular weight excluding hydrogens is 420 g/mol. The van der Waals surface area contributed by atoms with E-state index in [4.69, 9.17) is 0 Å². The van der Waals surface area contributed by atoms with E-state index in [0.717, 1.165) is 32.0 Å². The lowest BCUT2D eigenvalue weighted by Gasteiger charge is -2.19. The second-order valence-electron chi connectivity index (χ2n) is 5.88. The Hall–Kier alpha value is -1.70. The summed E-state index contributed by atoms with van der Waals surface area (Å²) in [5, 5.41) is 3.05. The standard InChI is InChI=1S/C18H15BrN2O2S2/c1-12-20-17(11-24-12)13-2-7-18-14(10-13)8-9-21(18)25(22,23)16-5-3-15(19)4-6-16/h2-7,10-11H,8-9H2,1H3. The number of hydrogen-bond donors (Lipinski definition) is 0. The van der Waals surface area contributed by atoms with Crippen molar-refractivity contribution < 1.29 is 8.42 Å². The van der Waals surface area contributed by atoms with Gasteiger partial charge in [0.1, 0.15) is 0 Å². The molecule has 0 spiro atoms. The van der Waals surface area contributed by atoms with Crippen LogP contribution in [-0.2, 0) is 16.4 Å². The highest BCUT2D eigenvalue weighted by molar-refractivity contribution is 9.10. The first-order valence-electron chi connectivity index (χ1n) is 7.79. The molecule has 0 atom stereocenters. The maximum atomic E-state index is 13.0. The van der Waals surface area contributed by atoms with Crippen molar-refractivity contribution in [3.63, 3.8) is 0 Å². The van der Waals surface area contributed by atoms with Gasteiger partial charge in [0.05, 0.1) is 21.3 Å². The lowest BCUT2D eigenvalue weighted by atomic mass is 10.1. The molecule has 1 aliphatic heterocycles. The Kier molecular flexibility index (Phi) is 4.17. The van der Waals surface area contributed by atoms with Crippen LogP contribution in [-0.4, -0.2) is 19.9 Å². The third-order valence-corrected chi connectivity index (χ3v) is 7.38. The topological polar surface area (TPSA) is 50.3 Å². The molecule has 4 nitrogen and oxygen atoms in total. The molecule has 128 valence electrons. The lowest BCUT2D eigenvalue weighted by molar-refractivity contribution is 0.592. The summed E-state index contributed by atoms with van der Waals surface area (Å²) in [7, 11) is -3.54. The average molecular weight is 435 g/mol. The minimum absolute atomic E-state index is 0.308. The molecule has 4 rings (SSSR count). The summed E-state index contributed by atoms with van der Waals surface area (Å²) < 4.78 is 28.3. The van der Waals surface area contributed by atoms with Crippen LogP contribution in [0.2, 0.25) is 0 Å². The van der Waals surface area contributed by atoms with E-state index in [1.54, 1.807) is 35.6 Å². The van der Waals surface area contributed by atoms with Gasteiger partial charge in [0.15, 0.2) is 0 Å². The van der Waals surface area contributed by atoms with Crippen molar-refractivity contribution in [2.75, 3.05) is 10.8 Å². The largest absolute Gasteiger partial charge is 0.266 e. The highest BCUT2D eigenvalue weighted by atomic mass is 79.9. The highest BCUT2D eigenvalue weighted by Crippen LogP contribution is 2.36. The summed E-state index contributed by atoms with van der Waals surface area (Å²) in [5.41, 5.74) is 3.79. The van der Waals surface area contributed by atoms with Crippen LogP contribution in [0, 0.1) is 6.92 Å². The molecule has 25 heavy (non-hydrogen) atoms. The number of halogens is 1. The van der Waals surface area contributed by atoms with Crippen molar-refractivity contribution in [3.8, 4) is 11.3 Å². The molecule has 0 fully saturated rings. The fourth-order valence-electron chi connectivity index (χ4n) is 3.01. The van der Waals surface area contributed by atoms with Crippen molar-refractivity contribution in [3.05, 3.63) is 62.9 Å². The SMILES string of the molecule is Cc1nc(-c2ccc3c(c2)CCN3S(=O)(=O)c2ccc(Br)cc2)cs1. The Morgan fingerprint density at radius 2 is 1.92 bits per heavy atom. The van der Waals surface area contributed by atoms with Gasteiger partial charge in [-0.15, -0.1) is 11.3 Å². The van der Waals surface area contributed by atoms with Gasteiger partial charge in [0.2, 0.25) is 0 Å². The highest BCUT2D eigenvalue weighted by Gasteiger charge is 2.31. The van der Waals surface area contributed by atoms with Gasteiger partial charge >= 0.3 is 0 Å². The van der Waals surface area contributed by atoms with Gasteiger partial charge in [0, 0.05) is 22.0 Å². The summed E-state index contributed by atoms with van der Waals surface area (Å²) in [5.74, 6) is 0. The molecule has 0 saturated carbocycles. The van der Waals surface area contributed by atoms with Gasteiger partial charge in [-0.3, -0.25) is 4.31 Å². The van der Waals surface area contributed by atoms with Crippen LogP contribution in [0.1, 0.15) is 10.6 Å². The van der Waals surface area contributed by atoms with Crippen LogP contribution in [0.3, 0.4) is 0 Å². The Balaban J connectivity index is 1.71. The van der Waals surface area contributed by atoms with Gasteiger partial charge in [-0.2, -0.15) is 0 Å². The molecule has 1 aromatic heterocycles. The number of aromatic nitrogens is 1. The van der Waals surface area contributed by atoms with Crippen LogP contribution in [0.15, 0.2) is 57.2 Å². The summed E-state index contributed by atoms with van der Waals surface area (Å²) >= 11 is 4.95. The molecule has 0 amide bonds. The molecule has 2 heterocycles. The Morgan fingerprint density at radius 1 is 1.16 bits per heavy atom. The fourth-order valence-corrected chi connectivity index (χ4v) is 5.40. The van der Waals surface area contributed by atoms with Gasteiger partial charge in [-0.1, -0.05) is 22.0 Å². The van der Waals surface area contributed by atoms with Gasteiger partial charge in [0.25, 0.3) is 10.0 Å². The van der Waals surface area contributed by atoms with E-state index in [9.17, 15) is 8.42 Å². The van der Waals surface area contributed by atoms with E-state index in [-0.39, 0.29) is 0 Å². The van der Waals surface area contributed by atoms with Gasteiger partial charge < -0.3 is 0 Å². The van der Waals surface area contributed by atoms with Crippen LogP contribution >= 0.6 is 27.3 Å². The number of sulfonamides is 1. The van der Waals surface area contributed by atoms with Crippen molar-refractivity contribution in [1.82, 2.24) is 4.98 Å². The summed E-state index contributed by atoms with van der Waals surface area (Å²) in [6, 6.07) is 12.6. The summed E-state index contributed by atoms with van der Waals surface area (Å²) in [6.07, 6.45) is 0.710. The average Bonchev–Trinajstić information content (AvgIpc) is 3.21. The van der Waals surface area contributed by atoms with Crippen LogP contribution in [0.25, 0.3) is 11.3 Å². The normalized spacial score (nSPS) is 13.9. The molecule has 0 bridgehead atoms. The molecule has 0 aliphatic carbocycles. The first kappa shape index (κ1) is 16.8. The zero-order valence-corrected chi connectivity index (χ0v) is 16.7. The Labute approximate surface area is 159 Å². The second-order valence-corrected chi connectivity index (χ2v) is 9.72. The molecule has 1 aliphatic rings. The number of fused-ring (bicyclic) bond motifs is 1. The van der Waals surface area contributed by atoms with Crippen LogP contribution in [0.4, 0.5) is 5.69 Å². The first-order chi connectivity index (χ1) is 11.9. The number of rotatable bonds is 3. The van der Waals surface area contributed by atoms with Crippen LogP contribution < -0.4 is 4.31 Å². The molecular formula is C18H15BrN2O2S2. The minimum Gasteiger partial charge on any atom is -0.266 e. The number of thiazole rings is 1. The minimum atomic E-state index is -3.54. The molecule has 7 heteroatoms. The number of aryl methyl sites for hydroxylation is 1. The number of benzene rings is 2. The predicted octanol–water partition coefficient (Wildman–Crippen LogP) is 4.63. The van der Waals surface area contributed by atoms with Crippen LogP contribution in [0.5, 0.6) is 0 Å². The fraction of sp³-hybridized carbons (Fsp3) is 0.167. The number of anilines is 1. The van der Waals surface area contributed by atoms with E-state index >= 15 is 0 Å². The molecule has 3 aromatic rings. The third kappa shape index (κ3) is 3.01. The quantitative estimate of drug-likeness (QED) is 0.603. The molecule has 0 saturated heterocycles. The zero-order valence-electron chi connectivity index (χ0n) is 13.4. The van der Waals surface area contributed by atoms with Crippen molar-refractivity contribution >= 4 is 43.0 Å². The van der Waals surface area contributed by atoms with E-state index in [1.807, 2.05) is 24.4 Å². The van der Waals surface area contributed by atoms with E-state index in [1.165, 1.54) is 4.31 Å². The molecule has 0 N–H and O–H groups in total. The summed E-state index contributed by atoms with van der Waals surface area (Å²) in [6.45, 7) is 2.45. The lowest BCUT2D eigenvalue weighted by Crippen LogP contribution is -2.29. The second kappa shape index (κ2) is 6.23. The van der Waals surface area contributed by atoms with Crippen molar-refractivity contribution in [1.29, 1.82) is 0 Å². The molecule has 0 radical (unpaired) electrons. The summed E-state index contributed by atoms with van der Waals surface area (Å²) in [4.78, 5) is 4.82. The third-order valence-electron chi connectivity index (χ3n) is 4.25. The number of nitrogens with zero attached hydrogens (tertiary/aromatic N) is 2.